The summed E-state index contributed by atoms with van der Waals surface area (Å²) >= 11 is 25.9. The van der Waals surface area contributed by atoms with Crippen LogP contribution in [0.25, 0.3) is 6.08 Å². The minimum Gasteiger partial charge on any atom is -0.486 e. The van der Waals surface area contributed by atoms with Crippen molar-refractivity contribution >= 4 is 81.1 Å². The van der Waals surface area contributed by atoms with Gasteiger partial charge in [0.1, 0.15) is 6.61 Å². The average molecular weight is 525 g/mol. The van der Waals surface area contributed by atoms with Gasteiger partial charge in [-0.25, -0.2) is 4.90 Å². The first-order valence-corrected chi connectivity index (χ1v) is 11.6. The van der Waals surface area contributed by atoms with Gasteiger partial charge in [-0.15, -0.1) is 0 Å². The third-order valence-electron chi connectivity index (χ3n) is 4.54. The topological polar surface area (TPSA) is 46.6 Å². The number of hydrogen-bond donors (Lipinski definition) is 0. The van der Waals surface area contributed by atoms with Gasteiger partial charge >= 0.3 is 0 Å². The number of carbonyl (C=O) groups is 2. The zero-order valence-corrected chi connectivity index (χ0v) is 20.0. The molecular weight excluding hydrogens is 512 g/mol. The molecule has 4 rings (SSSR count). The molecule has 0 bridgehead atoms. The largest absolute Gasteiger partial charge is 0.486 e. The summed E-state index contributed by atoms with van der Waals surface area (Å²) in [6, 6.07) is 17.2. The lowest BCUT2D eigenvalue weighted by Crippen LogP contribution is -2.27. The highest BCUT2D eigenvalue weighted by Crippen LogP contribution is 2.40. The van der Waals surface area contributed by atoms with E-state index < -0.39 is 11.1 Å². The molecule has 1 fully saturated rings. The molecule has 3 aromatic rings. The number of para-hydroxylation sites is 1. The van der Waals surface area contributed by atoms with Crippen LogP contribution in [0.1, 0.15) is 11.1 Å². The highest BCUT2D eigenvalue weighted by molar-refractivity contribution is 8.19. The summed E-state index contributed by atoms with van der Waals surface area (Å²) in [5.74, 6) is -0.172. The Morgan fingerprint density at radius 1 is 0.844 bits per heavy atom. The number of amides is 2. The van der Waals surface area contributed by atoms with Gasteiger partial charge in [0, 0.05) is 10.6 Å². The second-order valence-corrected chi connectivity index (χ2v) is 9.28. The van der Waals surface area contributed by atoms with Gasteiger partial charge < -0.3 is 4.74 Å². The summed E-state index contributed by atoms with van der Waals surface area (Å²) in [6.45, 7) is 0.190. The van der Waals surface area contributed by atoms with Gasteiger partial charge in [-0.2, -0.15) is 0 Å². The first kappa shape index (κ1) is 23.0. The number of nitrogens with zero attached hydrogens (tertiary/aromatic N) is 1. The number of thioether (sulfide) groups is 1. The van der Waals surface area contributed by atoms with E-state index in [0.717, 1.165) is 22.2 Å². The number of carbonyl (C=O) groups excluding carboxylic acids is 2. The molecule has 0 unspecified atom stereocenters. The van der Waals surface area contributed by atoms with Crippen molar-refractivity contribution in [1.82, 2.24) is 0 Å². The van der Waals surface area contributed by atoms with E-state index in [4.69, 9.17) is 51.1 Å². The van der Waals surface area contributed by atoms with Crippen LogP contribution in [0, 0.1) is 0 Å². The summed E-state index contributed by atoms with van der Waals surface area (Å²) < 4.78 is 5.77. The number of imide groups is 1. The van der Waals surface area contributed by atoms with Gasteiger partial charge in [-0.05, 0) is 53.7 Å². The molecule has 9 heteroatoms. The van der Waals surface area contributed by atoms with Crippen molar-refractivity contribution in [2.24, 2.45) is 0 Å². The fourth-order valence-corrected chi connectivity index (χ4v) is 4.88. The number of ether oxygens (including phenoxy) is 1. The zero-order valence-electron chi connectivity index (χ0n) is 16.2. The Kier molecular flexibility index (Phi) is 7.03. The Morgan fingerprint density at radius 2 is 1.47 bits per heavy atom. The molecule has 0 radical (unpaired) electrons. The number of hydrogen-bond acceptors (Lipinski definition) is 4. The lowest BCUT2D eigenvalue weighted by Gasteiger charge is -2.13. The van der Waals surface area contributed by atoms with Crippen LogP contribution in [0.3, 0.4) is 0 Å². The predicted molar refractivity (Wildman–Crippen MR) is 132 cm³/mol. The summed E-state index contributed by atoms with van der Waals surface area (Å²) in [6.07, 6.45) is 1.55. The molecular formula is C23H13Cl4NO3S. The Hall–Kier alpha value is -2.15. The Bertz CT molecular complexity index is 1240. The Balaban J connectivity index is 1.57. The Morgan fingerprint density at radius 3 is 2.12 bits per heavy atom. The third-order valence-corrected chi connectivity index (χ3v) is 6.65. The van der Waals surface area contributed by atoms with Gasteiger partial charge in [0.25, 0.3) is 11.1 Å². The number of anilines is 1. The molecule has 0 aromatic heterocycles. The fourth-order valence-electron chi connectivity index (χ4n) is 3.03. The van der Waals surface area contributed by atoms with Crippen LogP contribution in [-0.4, -0.2) is 11.1 Å². The number of benzene rings is 3. The zero-order chi connectivity index (χ0) is 22.8. The van der Waals surface area contributed by atoms with Crippen molar-refractivity contribution in [1.29, 1.82) is 0 Å². The van der Waals surface area contributed by atoms with Crippen LogP contribution >= 0.6 is 58.2 Å². The summed E-state index contributed by atoms with van der Waals surface area (Å²) in [7, 11) is 0. The van der Waals surface area contributed by atoms with Crippen LogP contribution in [0.5, 0.6) is 5.75 Å². The molecule has 1 heterocycles. The second-order valence-electron chi connectivity index (χ2n) is 6.66. The standard InChI is InChI=1S/C23H13Cl4NO3S/c24-15-6-2-1-5-14(15)12-31-21-17(26)9-13(10-18(21)27)11-20-22(29)28(23(30)32-20)19-8-4-3-7-16(19)25/h1-11H,12H2/b20-11-. The van der Waals surface area contributed by atoms with Gasteiger partial charge in [0.15, 0.2) is 5.75 Å². The maximum absolute atomic E-state index is 12.9. The first-order valence-electron chi connectivity index (χ1n) is 9.23. The highest BCUT2D eigenvalue weighted by atomic mass is 35.5. The molecule has 0 aliphatic carbocycles. The summed E-state index contributed by atoms with van der Waals surface area (Å²) in [5, 5.41) is 0.973. The summed E-state index contributed by atoms with van der Waals surface area (Å²) in [4.78, 5) is 26.6. The minimum absolute atomic E-state index is 0.190. The van der Waals surface area contributed by atoms with Crippen molar-refractivity contribution in [2.75, 3.05) is 4.90 Å². The van der Waals surface area contributed by atoms with Crippen LogP contribution in [0.15, 0.2) is 65.6 Å². The monoisotopic (exact) mass is 523 g/mol. The molecule has 162 valence electrons. The molecule has 1 saturated heterocycles. The van der Waals surface area contributed by atoms with Crippen LogP contribution in [0.4, 0.5) is 10.5 Å². The molecule has 0 spiro atoms. The van der Waals surface area contributed by atoms with E-state index in [1.165, 1.54) is 0 Å². The Labute approximate surface area is 208 Å². The predicted octanol–water partition coefficient (Wildman–Crippen LogP) is 8.12. The maximum atomic E-state index is 12.9. The van der Waals surface area contributed by atoms with E-state index in [-0.39, 0.29) is 21.6 Å². The average Bonchev–Trinajstić information content (AvgIpc) is 3.02. The lowest BCUT2D eigenvalue weighted by molar-refractivity contribution is -0.113. The minimum atomic E-state index is -0.473. The van der Waals surface area contributed by atoms with Crippen molar-refractivity contribution in [3.8, 4) is 5.75 Å². The van der Waals surface area contributed by atoms with Crippen LogP contribution < -0.4 is 9.64 Å². The molecule has 1 aliphatic heterocycles. The van der Waals surface area contributed by atoms with E-state index in [9.17, 15) is 9.59 Å². The van der Waals surface area contributed by atoms with Crippen LogP contribution in [-0.2, 0) is 11.4 Å². The van der Waals surface area contributed by atoms with Crippen molar-refractivity contribution in [3.63, 3.8) is 0 Å². The molecule has 3 aromatic carbocycles. The normalized spacial score (nSPS) is 15.0. The number of rotatable bonds is 5. The van der Waals surface area contributed by atoms with E-state index >= 15 is 0 Å². The second kappa shape index (κ2) is 9.77. The number of halogens is 4. The van der Waals surface area contributed by atoms with Gasteiger partial charge in [-0.3, -0.25) is 9.59 Å². The van der Waals surface area contributed by atoms with Crippen molar-refractivity contribution in [2.45, 2.75) is 6.61 Å². The van der Waals surface area contributed by atoms with Crippen molar-refractivity contribution < 1.29 is 14.3 Å². The van der Waals surface area contributed by atoms with E-state index in [2.05, 4.69) is 0 Å². The molecule has 4 nitrogen and oxygen atoms in total. The lowest BCUT2D eigenvalue weighted by atomic mass is 10.2. The smallest absolute Gasteiger partial charge is 0.298 e. The quantitative estimate of drug-likeness (QED) is 0.316. The van der Waals surface area contributed by atoms with Crippen molar-refractivity contribution in [3.05, 3.63) is 96.8 Å². The van der Waals surface area contributed by atoms with E-state index in [1.807, 2.05) is 18.2 Å². The van der Waals surface area contributed by atoms with E-state index in [0.29, 0.717) is 27.0 Å². The molecule has 2 amide bonds. The molecule has 32 heavy (non-hydrogen) atoms. The molecule has 0 atom stereocenters. The third kappa shape index (κ3) is 4.77. The molecule has 0 N–H and O–H groups in total. The maximum Gasteiger partial charge on any atom is 0.298 e. The van der Waals surface area contributed by atoms with Gasteiger partial charge in [-0.1, -0.05) is 76.7 Å². The first-order chi connectivity index (χ1) is 15.3. The van der Waals surface area contributed by atoms with E-state index in [1.54, 1.807) is 48.5 Å². The van der Waals surface area contributed by atoms with Gasteiger partial charge in [0.05, 0.1) is 25.7 Å². The molecule has 0 saturated carbocycles. The highest BCUT2D eigenvalue weighted by Gasteiger charge is 2.37. The van der Waals surface area contributed by atoms with Crippen LogP contribution in [0.2, 0.25) is 20.1 Å². The summed E-state index contributed by atoms with van der Waals surface area (Å²) in [5.41, 5.74) is 1.67. The SMILES string of the molecule is O=C1S/C(=C\c2cc(Cl)c(OCc3ccccc3Cl)c(Cl)c2)C(=O)N1c1ccccc1Cl. The van der Waals surface area contributed by atoms with Gasteiger partial charge in [0.2, 0.25) is 0 Å². The fraction of sp³-hybridized carbons (Fsp3) is 0.0435. The molecule has 1 aliphatic rings.